The van der Waals surface area contributed by atoms with Gasteiger partial charge in [-0.3, -0.25) is 0 Å². The van der Waals surface area contributed by atoms with E-state index in [9.17, 15) is 0 Å². The zero-order valence-electron chi connectivity index (χ0n) is 8.00. The molecule has 2 atom stereocenters. The Morgan fingerprint density at radius 3 is 3.08 bits per heavy atom. The molecule has 2 unspecified atom stereocenters. The lowest BCUT2D eigenvalue weighted by Crippen LogP contribution is -2.28. The van der Waals surface area contributed by atoms with E-state index in [1.165, 1.54) is 17.6 Å². The van der Waals surface area contributed by atoms with Gasteiger partial charge in [0.05, 0.1) is 0 Å². The lowest BCUT2D eigenvalue weighted by molar-refractivity contribution is 0.460. The number of nitrogens with zero attached hydrogens (tertiary/aromatic N) is 1. The van der Waals surface area contributed by atoms with Crippen molar-refractivity contribution < 1.29 is 0 Å². The zero-order valence-corrected chi connectivity index (χ0v) is 9.58. The summed E-state index contributed by atoms with van der Waals surface area (Å²) in [4.78, 5) is 2.54. The molecule has 0 aromatic rings. The number of rotatable bonds is 0. The van der Waals surface area contributed by atoms with Crippen LogP contribution in [0.25, 0.3) is 0 Å². The van der Waals surface area contributed by atoms with Crippen LogP contribution in [-0.2, 0) is 0 Å². The first-order valence-electron chi connectivity index (χ1n) is 4.65. The molecule has 2 rings (SSSR count). The molecule has 1 aliphatic carbocycles. The molecule has 0 bridgehead atoms. The molecule has 1 nitrogen and oxygen atoms in total. The molecule has 1 aliphatic heterocycles. The first-order valence-corrected chi connectivity index (χ1v) is 5.56. The molecular formula is C11H14BrN. The standard InChI is InChI=1S/C11H14BrN/c1-8-3-4-9-5-6-13(2)11(12)10(9)7-8/h4-8,11H,3H2,1-2H3. The fraction of sp³-hybridized carbons (Fsp3) is 0.455. The maximum Gasteiger partial charge on any atom is 0.109 e. The van der Waals surface area contributed by atoms with Gasteiger partial charge < -0.3 is 4.90 Å². The van der Waals surface area contributed by atoms with Crippen molar-refractivity contribution in [1.29, 1.82) is 0 Å². The predicted octanol–water partition coefficient (Wildman–Crippen LogP) is 3.06. The summed E-state index contributed by atoms with van der Waals surface area (Å²) in [5.74, 6) is 0.679. The summed E-state index contributed by atoms with van der Waals surface area (Å²) in [6.07, 6.45) is 10.2. The van der Waals surface area contributed by atoms with E-state index in [-0.39, 0.29) is 0 Å². The van der Waals surface area contributed by atoms with Crippen molar-refractivity contribution in [2.24, 2.45) is 5.92 Å². The Bertz CT molecular complexity index is 301. The second kappa shape index (κ2) is 3.33. The second-order valence-corrected chi connectivity index (χ2v) is 4.68. The van der Waals surface area contributed by atoms with Gasteiger partial charge in [0.2, 0.25) is 0 Å². The molecular weight excluding hydrogens is 226 g/mol. The van der Waals surface area contributed by atoms with Crippen LogP contribution in [0.4, 0.5) is 0 Å². The average Bonchev–Trinajstić information content (AvgIpc) is 2.12. The van der Waals surface area contributed by atoms with Crippen LogP contribution in [0.15, 0.2) is 35.6 Å². The van der Waals surface area contributed by atoms with Gasteiger partial charge in [-0.1, -0.05) is 35.0 Å². The van der Waals surface area contributed by atoms with Crippen LogP contribution in [0, 0.1) is 5.92 Å². The summed E-state index contributed by atoms with van der Waals surface area (Å²) < 4.78 is 0. The van der Waals surface area contributed by atoms with Crippen LogP contribution in [-0.4, -0.2) is 16.9 Å². The van der Waals surface area contributed by atoms with Crippen molar-refractivity contribution in [3.8, 4) is 0 Å². The maximum atomic E-state index is 3.69. The van der Waals surface area contributed by atoms with E-state index in [0.717, 1.165) is 0 Å². The number of fused-ring (bicyclic) bond motifs is 1. The van der Waals surface area contributed by atoms with Gasteiger partial charge in [0.1, 0.15) is 4.95 Å². The Balaban J connectivity index is 2.37. The molecule has 0 aromatic carbocycles. The van der Waals surface area contributed by atoms with Gasteiger partial charge in [0, 0.05) is 13.2 Å². The van der Waals surface area contributed by atoms with Crippen LogP contribution < -0.4 is 0 Å². The van der Waals surface area contributed by atoms with E-state index in [2.05, 4.69) is 59.2 Å². The number of halogens is 1. The monoisotopic (exact) mass is 239 g/mol. The Morgan fingerprint density at radius 1 is 1.54 bits per heavy atom. The van der Waals surface area contributed by atoms with E-state index in [1.54, 1.807) is 0 Å². The third-order valence-corrected chi connectivity index (χ3v) is 3.75. The van der Waals surface area contributed by atoms with Crippen LogP contribution in [0.1, 0.15) is 13.3 Å². The van der Waals surface area contributed by atoms with Crippen molar-refractivity contribution in [1.82, 2.24) is 4.90 Å². The highest BCUT2D eigenvalue weighted by Gasteiger charge is 2.22. The van der Waals surface area contributed by atoms with E-state index < -0.39 is 0 Å². The molecule has 0 N–H and O–H groups in total. The first kappa shape index (κ1) is 9.07. The first-order chi connectivity index (χ1) is 6.18. The molecule has 0 saturated heterocycles. The largest absolute Gasteiger partial charge is 0.364 e. The van der Waals surface area contributed by atoms with Crippen molar-refractivity contribution in [2.45, 2.75) is 18.3 Å². The third kappa shape index (κ3) is 1.60. The lowest BCUT2D eigenvalue weighted by atomic mass is 9.90. The SMILES string of the molecule is CC1C=C2C(=CC1)C=CN(C)C2Br. The number of hydrogen-bond acceptors (Lipinski definition) is 1. The topological polar surface area (TPSA) is 3.24 Å². The van der Waals surface area contributed by atoms with Gasteiger partial charge in [-0.05, 0) is 29.6 Å². The van der Waals surface area contributed by atoms with Crippen LogP contribution >= 0.6 is 15.9 Å². The Hall–Kier alpha value is -0.500. The van der Waals surface area contributed by atoms with E-state index in [0.29, 0.717) is 10.9 Å². The highest BCUT2D eigenvalue weighted by molar-refractivity contribution is 9.09. The summed E-state index contributed by atoms with van der Waals surface area (Å²) >= 11 is 3.69. The highest BCUT2D eigenvalue weighted by atomic mass is 79.9. The van der Waals surface area contributed by atoms with E-state index in [4.69, 9.17) is 0 Å². The number of hydrogen-bond donors (Lipinski definition) is 0. The van der Waals surface area contributed by atoms with Gasteiger partial charge in [-0.2, -0.15) is 0 Å². The minimum Gasteiger partial charge on any atom is -0.364 e. The molecule has 2 heteroatoms. The smallest absolute Gasteiger partial charge is 0.109 e. The molecule has 13 heavy (non-hydrogen) atoms. The average molecular weight is 240 g/mol. The van der Waals surface area contributed by atoms with Gasteiger partial charge >= 0.3 is 0 Å². The fourth-order valence-electron chi connectivity index (χ4n) is 1.78. The molecule has 0 spiro atoms. The highest BCUT2D eigenvalue weighted by Crippen LogP contribution is 2.33. The maximum absolute atomic E-state index is 3.69. The van der Waals surface area contributed by atoms with Crippen molar-refractivity contribution in [3.05, 3.63) is 35.6 Å². The van der Waals surface area contributed by atoms with Crippen molar-refractivity contribution in [3.63, 3.8) is 0 Å². The van der Waals surface area contributed by atoms with Crippen molar-refractivity contribution in [2.75, 3.05) is 7.05 Å². The molecule has 70 valence electrons. The van der Waals surface area contributed by atoms with Gasteiger partial charge in [0.15, 0.2) is 0 Å². The summed E-state index contributed by atoms with van der Waals surface area (Å²) in [6.45, 7) is 2.26. The molecule has 0 aromatic heterocycles. The Kier molecular flexibility index (Phi) is 2.33. The van der Waals surface area contributed by atoms with Crippen LogP contribution in [0.2, 0.25) is 0 Å². The third-order valence-electron chi connectivity index (χ3n) is 2.61. The van der Waals surface area contributed by atoms with Crippen LogP contribution in [0.5, 0.6) is 0 Å². The van der Waals surface area contributed by atoms with Gasteiger partial charge in [0.25, 0.3) is 0 Å². The number of allylic oxidation sites excluding steroid dienone is 3. The number of alkyl halides is 1. The summed E-state index contributed by atoms with van der Waals surface area (Å²) in [5.41, 5.74) is 2.81. The van der Waals surface area contributed by atoms with Crippen LogP contribution in [0.3, 0.4) is 0 Å². The Morgan fingerprint density at radius 2 is 2.31 bits per heavy atom. The second-order valence-electron chi connectivity index (χ2n) is 3.81. The molecule has 0 radical (unpaired) electrons. The summed E-state index contributed by atoms with van der Waals surface area (Å²) in [6, 6.07) is 0. The number of likely N-dealkylation sites (N-methyl/N-ethyl adjacent to an activating group) is 1. The zero-order chi connectivity index (χ0) is 9.42. The molecule has 0 saturated carbocycles. The molecule has 2 aliphatic rings. The normalized spacial score (nSPS) is 32.4. The van der Waals surface area contributed by atoms with Crippen molar-refractivity contribution >= 4 is 15.9 Å². The van der Waals surface area contributed by atoms with Gasteiger partial charge in [-0.15, -0.1) is 0 Å². The minimum absolute atomic E-state index is 0.353. The fourth-order valence-corrected chi connectivity index (χ4v) is 2.33. The Labute approximate surface area is 87.9 Å². The quantitative estimate of drug-likeness (QED) is 0.464. The summed E-state index contributed by atoms with van der Waals surface area (Å²) in [5, 5.41) is 0. The summed E-state index contributed by atoms with van der Waals surface area (Å²) in [7, 11) is 2.09. The lowest BCUT2D eigenvalue weighted by Gasteiger charge is -2.31. The molecule has 0 fully saturated rings. The van der Waals surface area contributed by atoms with E-state index in [1.807, 2.05) is 0 Å². The predicted molar refractivity (Wildman–Crippen MR) is 59.6 cm³/mol. The van der Waals surface area contributed by atoms with E-state index >= 15 is 0 Å². The molecule has 1 heterocycles. The van der Waals surface area contributed by atoms with Gasteiger partial charge in [-0.25, -0.2) is 0 Å². The minimum atomic E-state index is 0.353. The molecule has 0 amide bonds.